The summed E-state index contributed by atoms with van der Waals surface area (Å²) in [6.07, 6.45) is 2.22. The van der Waals surface area contributed by atoms with Gasteiger partial charge in [-0.05, 0) is 6.42 Å². The van der Waals surface area contributed by atoms with E-state index in [2.05, 4.69) is 4.65 Å². The van der Waals surface area contributed by atoms with Crippen LogP contribution in [-0.4, -0.2) is 19.4 Å². The number of carbonyl (C=O) groups is 1. The highest BCUT2D eigenvalue weighted by molar-refractivity contribution is 6.60. The molecule has 1 aliphatic rings. The Labute approximate surface area is 65.2 Å². The second kappa shape index (κ2) is 3.29. The van der Waals surface area contributed by atoms with E-state index < -0.39 is 0 Å². The molecule has 0 bridgehead atoms. The molecular weight excluding hydrogens is 145 g/mol. The van der Waals surface area contributed by atoms with Crippen molar-refractivity contribution in [3.8, 4) is 6.26 Å². The normalized spacial score (nSPS) is 22.7. The molecule has 1 rings (SSSR count). The highest BCUT2D eigenvalue weighted by Crippen LogP contribution is 2.23. The number of esters is 1. The molecule has 1 unspecified atom stereocenters. The molecule has 0 radical (unpaired) electrons. The fourth-order valence-electron chi connectivity index (χ4n) is 1.15. The highest BCUT2D eigenvalue weighted by atomic mass is 16.6. The molecule has 4 nitrogen and oxygen atoms in total. The molecule has 11 heavy (non-hydrogen) atoms. The van der Waals surface area contributed by atoms with E-state index >= 15 is 0 Å². The van der Waals surface area contributed by atoms with Gasteiger partial charge in [-0.3, -0.25) is 4.79 Å². The molecule has 1 atom stereocenters. The zero-order chi connectivity index (χ0) is 8.27. The van der Waals surface area contributed by atoms with Crippen molar-refractivity contribution in [2.24, 2.45) is 0 Å². The van der Waals surface area contributed by atoms with Crippen molar-refractivity contribution in [3.63, 3.8) is 0 Å². The van der Waals surface area contributed by atoms with Gasteiger partial charge in [0.25, 0.3) is 6.26 Å². The first-order chi connectivity index (χ1) is 5.29. The van der Waals surface area contributed by atoms with Crippen molar-refractivity contribution in [1.82, 2.24) is 0 Å². The lowest BCUT2D eigenvalue weighted by atomic mass is 9.57. The quantitative estimate of drug-likeness (QED) is 0.326. The second-order valence-corrected chi connectivity index (χ2v) is 2.39. The van der Waals surface area contributed by atoms with Crippen LogP contribution in [0.3, 0.4) is 0 Å². The highest BCUT2D eigenvalue weighted by Gasteiger charge is 2.42. The predicted molar refractivity (Wildman–Crippen MR) is 37.5 cm³/mol. The minimum Gasteiger partial charge on any atom is -0.493 e. The first kappa shape index (κ1) is 7.93. The van der Waals surface area contributed by atoms with Crippen LogP contribution in [0, 0.1) is 11.5 Å². The Morgan fingerprint density at radius 1 is 2.00 bits per heavy atom. The third-order valence-electron chi connectivity index (χ3n) is 1.79. The number of nitriles is 1. The van der Waals surface area contributed by atoms with Crippen LogP contribution < -0.4 is 0 Å². The maximum Gasteiger partial charge on any atom is 0.425 e. The largest absolute Gasteiger partial charge is 0.493 e. The van der Waals surface area contributed by atoms with Crippen molar-refractivity contribution in [2.45, 2.75) is 19.2 Å². The Morgan fingerprint density at radius 2 is 2.73 bits per heavy atom. The Hall–Kier alpha value is -1.18. The Balaban J connectivity index is 2.55. The van der Waals surface area contributed by atoms with Gasteiger partial charge in [-0.25, -0.2) is 0 Å². The maximum absolute atomic E-state index is 10.9. The molecule has 0 aromatic carbocycles. The van der Waals surface area contributed by atoms with E-state index in [1.54, 1.807) is 6.26 Å². The SMILES string of the molecule is CCC1B(OC#N)COC1=O. The molecule has 1 aliphatic heterocycles. The number of hydrogen-bond donors (Lipinski definition) is 0. The number of nitrogens with zero attached hydrogens (tertiary/aromatic N) is 1. The lowest BCUT2D eigenvalue weighted by Gasteiger charge is -2.03. The van der Waals surface area contributed by atoms with E-state index in [9.17, 15) is 4.79 Å². The van der Waals surface area contributed by atoms with Crippen LogP contribution in [0.1, 0.15) is 13.3 Å². The van der Waals surface area contributed by atoms with Gasteiger partial charge in [0.05, 0.1) is 5.82 Å². The molecule has 1 fully saturated rings. The zero-order valence-corrected chi connectivity index (χ0v) is 6.24. The summed E-state index contributed by atoms with van der Waals surface area (Å²) < 4.78 is 9.34. The molecule has 0 aromatic rings. The summed E-state index contributed by atoms with van der Waals surface area (Å²) in [7, 11) is 0. The summed E-state index contributed by atoms with van der Waals surface area (Å²) in [5.74, 6) is -0.512. The second-order valence-electron chi connectivity index (χ2n) is 2.39. The van der Waals surface area contributed by atoms with Crippen LogP contribution in [-0.2, 0) is 14.2 Å². The predicted octanol–water partition coefficient (Wildman–Crippen LogP) is 0.352. The summed E-state index contributed by atoms with van der Waals surface area (Å²) in [5.41, 5.74) is 0. The van der Waals surface area contributed by atoms with E-state index in [-0.39, 0.29) is 25.2 Å². The fraction of sp³-hybridized carbons (Fsp3) is 0.667. The molecule has 0 aliphatic carbocycles. The molecule has 58 valence electrons. The average Bonchev–Trinajstić information content (AvgIpc) is 2.33. The topological polar surface area (TPSA) is 59.3 Å². The first-order valence-corrected chi connectivity index (χ1v) is 3.51. The maximum atomic E-state index is 10.9. The zero-order valence-electron chi connectivity index (χ0n) is 6.24. The Bertz CT molecular complexity index is 200. The van der Waals surface area contributed by atoms with Gasteiger partial charge in [0, 0.05) is 0 Å². The Kier molecular flexibility index (Phi) is 2.37. The molecule has 0 saturated carbocycles. The molecule has 5 heteroatoms. The van der Waals surface area contributed by atoms with E-state index in [0.29, 0.717) is 6.42 Å². The molecule has 1 saturated heterocycles. The summed E-state index contributed by atoms with van der Waals surface area (Å²) in [6.45, 7) is 1.72. The third-order valence-corrected chi connectivity index (χ3v) is 1.79. The van der Waals surface area contributed by atoms with Crippen LogP contribution in [0.15, 0.2) is 0 Å². The smallest absolute Gasteiger partial charge is 0.425 e. The number of hydrogen-bond acceptors (Lipinski definition) is 4. The van der Waals surface area contributed by atoms with Crippen molar-refractivity contribution >= 4 is 12.9 Å². The van der Waals surface area contributed by atoms with Gasteiger partial charge in [-0.15, -0.1) is 0 Å². The van der Waals surface area contributed by atoms with Gasteiger partial charge < -0.3 is 9.39 Å². The van der Waals surface area contributed by atoms with Gasteiger partial charge in [0.15, 0.2) is 0 Å². The minimum absolute atomic E-state index is 0.213. The molecule has 0 spiro atoms. The number of ether oxygens (including phenoxy) is 1. The van der Waals surface area contributed by atoms with E-state index in [1.165, 1.54) is 0 Å². The van der Waals surface area contributed by atoms with Crippen molar-refractivity contribution in [1.29, 1.82) is 5.26 Å². The number of rotatable bonds is 2. The molecule has 0 amide bonds. The molecule has 0 N–H and O–H groups in total. The van der Waals surface area contributed by atoms with Gasteiger partial charge >= 0.3 is 12.9 Å². The summed E-state index contributed by atoms with van der Waals surface area (Å²) >= 11 is 0. The van der Waals surface area contributed by atoms with E-state index in [1.807, 2.05) is 6.92 Å². The monoisotopic (exact) mass is 153 g/mol. The summed E-state index contributed by atoms with van der Waals surface area (Å²) in [5, 5.41) is 8.19. The molecular formula is C6H8BNO3. The van der Waals surface area contributed by atoms with E-state index in [4.69, 9.17) is 10.00 Å². The van der Waals surface area contributed by atoms with Crippen LogP contribution in [0.5, 0.6) is 0 Å². The van der Waals surface area contributed by atoms with Gasteiger partial charge in [-0.1, -0.05) is 6.92 Å². The lowest BCUT2D eigenvalue weighted by molar-refractivity contribution is -0.139. The fourth-order valence-corrected chi connectivity index (χ4v) is 1.15. The van der Waals surface area contributed by atoms with Crippen LogP contribution in [0.25, 0.3) is 0 Å². The van der Waals surface area contributed by atoms with Crippen LogP contribution in [0.4, 0.5) is 0 Å². The van der Waals surface area contributed by atoms with Gasteiger partial charge in [0.1, 0.15) is 6.51 Å². The number of cyclic esters (lactones) is 1. The third kappa shape index (κ3) is 1.45. The standard InChI is InChI=1S/C6H8BNO3/c1-2-5-6(9)10-3-7(5)11-4-8/h5H,2-3H2,1H3. The van der Waals surface area contributed by atoms with Gasteiger partial charge in [-0.2, -0.15) is 5.26 Å². The van der Waals surface area contributed by atoms with Crippen LogP contribution >= 0.6 is 0 Å². The minimum atomic E-state index is -0.363. The molecule has 1 heterocycles. The molecule has 0 aromatic heterocycles. The van der Waals surface area contributed by atoms with Crippen LogP contribution in [0.2, 0.25) is 5.82 Å². The number of carbonyl (C=O) groups excluding carboxylic acids is 1. The Morgan fingerprint density at radius 3 is 3.27 bits per heavy atom. The lowest BCUT2D eigenvalue weighted by Crippen LogP contribution is -2.22. The van der Waals surface area contributed by atoms with Crippen molar-refractivity contribution in [3.05, 3.63) is 0 Å². The van der Waals surface area contributed by atoms with Gasteiger partial charge in [0.2, 0.25) is 0 Å². The van der Waals surface area contributed by atoms with Crippen molar-refractivity contribution < 1.29 is 14.2 Å². The van der Waals surface area contributed by atoms with Crippen molar-refractivity contribution in [2.75, 3.05) is 6.51 Å². The first-order valence-electron chi connectivity index (χ1n) is 3.51. The summed E-state index contributed by atoms with van der Waals surface area (Å²) in [6, 6.07) is 0. The average molecular weight is 153 g/mol. The van der Waals surface area contributed by atoms with E-state index in [0.717, 1.165) is 0 Å². The summed E-state index contributed by atoms with van der Waals surface area (Å²) in [4.78, 5) is 10.9.